The minimum atomic E-state index is -5.68. The molecule has 0 fully saturated rings. The van der Waals surface area contributed by atoms with Gasteiger partial charge in [0, 0.05) is 16.7 Å². The average molecular weight is 496 g/mol. The summed E-state index contributed by atoms with van der Waals surface area (Å²) in [6.45, 7) is 0.638. The van der Waals surface area contributed by atoms with Crippen molar-refractivity contribution in [3.8, 4) is 0 Å². The van der Waals surface area contributed by atoms with Gasteiger partial charge in [0.05, 0.1) is 10.6 Å². The molecule has 0 bridgehead atoms. The highest BCUT2D eigenvalue weighted by atomic mass is 32.2. The van der Waals surface area contributed by atoms with E-state index >= 15 is 0 Å². The molecular formula is C19H24F3N3O3S3. The van der Waals surface area contributed by atoms with Gasteiger partial charge in [0.2, 0.25) is 0 Å². The third kappa shape index (κ3) is 7.21. The molecule has 0 amide bonds. The number of nitrogens with two attached hydrogens (primary N) is 1. The second-order valence-corrected chi connectivity index (χ2v) is 11.0. The van der Waals surface area contributed by atoms with Crippen LogP contribution in [0.3, 0.4) is 0 Å². The first-order valence-electron chi connectivity index (χ1n) is 9.12. The van der Waals surface area contributed by atoms with Crippen LogP contribution in [0.2, 0.25) is 0 Å². The molecule has 0 aromatic heterocycles. The average Bonchev–Trinajstić information content (AvgIpc) is 2.69. The molecule has 0 aliphatic heterocycles. The van der Waals surface area contributed by atoms with Gasteiger partial charge in [-0.1, -0.05) is 18.2 Å². The van der Waals surface area contributed by atoms with E-state index in [0.717, 1.165) is 4.90 Å². The molecule has 0 heterocycles. The Balaban J connectivity index is 2.38. The lowest BCUT2D eigenvalue weighted by Crippen LogP contribution is -2.30. The normalized spacial score (nSPS) is 14.4. The van der Waals surface area contributed by atoms with Crippen LogP contribution in [-0.4, -0.2) is 55.5 Å². The van der Waals surface area contributed by atoms with Gasteiger partial charge in [0.1, 0.15) is 15.9 Å². The van der Waals surface area contributed by atoms with E-state index in [4.69, 9.17) is 5.14 Å². The van der Waals surface area contributed by atoms with E-state index in [9.17, 15) is 25.8 Å². The Morgan fingerprint density at radius 1 is 1.16 bits per heavy atom. The zero-order valence-corrected chi connectivity index (χ0v) is 19.4. The Kier molecular flexibility index (Phi) is 8.95. The summed E-state index contributed by atoms with van der Waals surface area (Å²) in [6, 6.07) is 12.3. The molecule has 12 heteroatoms. The monoisotopic (exact) mass is 495 g/mol. The van der Waals surface area contributed by atoms with E-state index in [1.165, 1.54) is 23.9 Å². The second kappa shape index (κ2) is 10.8. The fraction of sp³-hybridized carbons (Fsp3) is 0.368. The first-order valence-corrected chi connectivity index (χ1v) is 12.8. The number of halogens is 3. The minimum absolute atomic E-state index is 0.205. The quantitative estimate of drug-likeness (QED) is 0.491. The topological polar surface area (TPSA) is 92.5 Å². The molecule has 0 spiro atoms. The molecule has 2 aromatic rings. The number of nitrogens with zero attached hydrogens (tertiary/aromatic N) is 1. The van der Waals surface area contributed by atoms with E-state index in [2.05, 4.69) is 5.32 Å². The number of rotatable bonds is 10. The molecule has 2 aromatic carbocycles. The molecule has 6 nitrogen and oxygen atoms in total. The standard InChI is InChI=1S/C19H24F3N3O3S3/c1-25(2)11-10-14(13-29-15-6-4-3-5-7-15)24-17-9-8-16(30(23)26)12-18(17)31(27,28)19(20,21)22/h3-9,12,14,24H,10-11,13,23H2,1-2H3. The lowest BCUT2D eigenvalue weighted by molar-refractivity contribution is -0.0435. The molecule has 0 radical (unpaired) electrons. The first kappa shape index (κ1) is 25.7. The molecule has 0 saturated carbocycles. The van der Waals surface area contributed by atoms with Crippen molar-refractivity contribution in [2.45, 2.75) is 32.7 Å². The molecule has 2 unspecified atom stereocenters. The van der Waals surface area contributed by atoms with Crippen LogP contribution in [-0.2, 0) is 20.8 Å². The van der Waals surface area contributed by atoms with Gasteiger partial charge < -0.3 is 10.2 Å². The Bertz CT molecular complexity index is 1000. The van der Waals surface area contributed by atoms with Gasteiger partial charge in [-0.05, 0) is 57.4 Å². The summed E-state index contributed by atoms with van der Waals surface area (Å²) < 4.78 is 75.6. The predicted octanol–water partition coefficient (Wildman–Crippen LogP) is 3.49. The van der Waals surface area contributed by atoms with Crippen molar-refractivity contribution in [3.05, 3.63) is 48.5 Å². The summed E-state index contributed by atoms with van der Waals surface area (Å²) in [7, 11) is -4.07. The van der Waals surface area contributed by atoms with Crippen LogP contribution in [0.15, 0.2) is 63.2 Å². The maximum Gasteiger partial charge on any atom is 0.501 e. The number of hydrogen-bond donors (Lipinski definition) is 2. The number of nitrogens with one attached hydrogen (secondary N) is 1. The third-order valence-electron chi connectivity index (χ3n) is 4.26. The molecule has 2 rings (SSSR count). The first-order chi connectivity index (χ1) is 14.4. The van der Waals surface area contributed by atoms with Crippen molar-refractivity contribution in [2.24, 2.45) is 5.14 Å². The molecule has 0 aliphatic rings. The number of alkyl halides is 3. The summed E-state index contributed by atoms with van der Waals surface area (Å²) in [5.41, 5.74) is -5.71. The Labute approximate surface area is 186 Å². The van der Waals surface area contributed by atoms with E-state index < -0.39 is 31.2 Å². The van der Waals surface area contributed by atoms with Crippen molar-refractivity contribution in [3.63, 3.8) is 0 Å². The lowest BCUT2D eigenvalue weighted by Gasteiger charge is -2.23. The summed E-state index contributed by atoms with van der Waals surface area (Å²) >= 11 is 1.51. The van der Waals surface area contributed by atoms with Crippen LogP contribution in [0, 0.1) is 0 Å². The van der Waals surface area contributed by atoms with Gasteiger partial charge in [-0.3, -0.25) is 0 Å². The molecule has 3 N–H and O–H groups in total. The summed E-state index contributed by atoms with van der Waals surface area (Å²) in [6.07, 6.45) is 0.558. The highest BCUT2D eigenvalue weighted by molar-refractivity contribution is 7.99. The molecule has 0 saturated heterocycles. The SMILES string of the molecule is CN(C)CCC(CSc1ccccc1)Nc1ccc(S(N)=O)cc1S(=O)(=O)C(F)(F)F. The van der Waals surface area contributed by atoms with Gasteiger partial charge in [0.15, 0.2) is 0 Å². The van der Waals surface area contributed by atoms with Crippen LogP contribution in [0.4, 0.5) is 18.9 Å². The number of anilines is 1. The molecule has 0 aliphatic carbocycles. The Morgan fingerprint density at radius 2 is 1.81 bits per heavy atom. The van der Waals surface area contributed by atoms with Crippen molar-refractivity contribution in [2.75, 3.05) is 31.7 Å². The Hall–Kier alpha value is -1.60. The smallest absolute Gasteiger partial charge is 0.380 e. The fourth-order valence-corrected chi connectivity index (χ4v) is 5.09. The second-order valence-electron chi connectivity index (χ2n) is 6.96. The highest BCUT2D eigenvalue weighted by Crippen LogP contribution is 2.36. The zero-order valence-electron chi connectivity index (χ0n) is 16.9. The largest absolute Gasteiger partial charge is 0.501 e. The van der Waals surface area contributed by atoms with Gasteiger partial charge in [-0.25, -0.2) is 17.8 Å². The molecule has 172 valence electrons. The van der Waals surface area contributed by atoms with E-state index in [1.807, 2.05) is 49.3 Å². The lowest BCUT2D eigenvalue weighted by atomic mass is 10.2. The van der Waals surface area contributed by atoms with Crippen LogP contribution in [0.5, 0.6) is 0 Å². The maximum atomic E-state index is 13.3. The van der Waals surface area contributed by atoms with Crippen LogP contribution in [0.25, 0.3) is 0 Å². The van der Waals surface area contributed by atoms with Crippen molar-refractivity contribution in [1.82, 2.24) is 4.90 Å². The van der Waals surface area contributed by atoms with Crippen LogP contribution in [0.1, 0.15) is 6.42 Å². The maximum absolute atomic E-state index is 13.3. The fourth-order valence-electron chi connectivity index (χ4n) is 2.64. The molecular weight excluding hydrogens is 471 g/mol. The zero-order chi connectivity index (χ0) is 23.2. The minimum Gasteiger partial charge on any atom is -0.380 e. The number of sulfone groups is 1. The molecule has 31 heavy (non-hydrogen) atoms. The van der Waals surface area contributed by atoms with Crippen molar-refractivity contribution < 1.29 is 25.8 Å². The van der Waals surface area contributed by atoms with E-state index in [-0.39, 0.29) is 16.6 Å². The van der Waals surface area contributed by atoms with E-state index in [0.29, 0.717) is 24.8 Å². The number of hydrogen-bond acceptors (Lipinski definition) is 6. The number of thioether (sulfide) groups is 1. The van der Waals surface area contributed by atoms with Crippen LogP contribution >= 0.6 is 11.8 Å². The molecule has 2 atom stereocenters. The van der Waals surface area contributed by atoms with Gasteiger partial charge >= 0.3 is 5.51 Å². The van der Waals surface area contributed by atoms with Crippen molar-refractivity contribution >= 4 is 38.3 Å². The van der Waals surface area contributed by atoms with Gasteiger partial charge in [0.25, 0.3) is 9.84 Å². The Morgan fingerprint density at radius 3 is 2.35 bits per heavy atom. The van der Waals surface area contributed by atoms with Crippen molar-refractivity contribution in [1.29, 1.82) is 0 Å². The van der Waals surface area contributed by atoms with Crippen LogP contribution < -0.4 is 10.5 Å². The third-order valence-corrected chi connectivity index (χ3v) is 7.68. The highest BCUT2D eigenvalue weighted by Gasteiger charge is 2.48. The predicted molar refractivity (Wildman–Crippen MR) is 118 cm³/mol. The number of benzene rings is 2. The van der Waals surface area contributed by atoms with Gasteiger partial charge in [-0.15, -0.1) is 11.8 Å². The summed E-state index contributed by atoms with van der Waals surface area (Å²) in [5.74, 6) is 0.494. The summed E-state index contributed by atoms with van der Waals surface area (Å²) in [5, 5.41) is 8.20. The summed E-state index contributed by atoms with van der Waals surface area (Å²) in [4.78, 5) is 1.71. The van der Waals surface area contributed by atoms with Gasteiger partial charge in [-0.2, -0.15) is 13.2 Å². The van der Waals surface area contributed by atoms with E-state index in [1.54, 1.807) is 0 Å².